The summed E-state index contributed by atoms with van der Waals surface area (Å²) in [4.78, 5) is 19.6. The number of benzene rings is 1. The van der Waals surface area contributed by atoms with E-state index in [0.717, 1.165) is 59.0 Å². The first kappa shape index (κ1) is 21.1. The van der Waals surface area contributed by atoms with Crippen molar-refractivity contribution in [3.63, 3.8) is 0 Å². The molecular weight excluding hydrogens is 414 g/mol. The van der Waals surface area contributed by atoms with Crippen LogP contribution in [0.25, 0.3) is 11.2 Å². The number of imidazole rings is 1. The normalized spacial score (nSPS) is 14.5. The highest BCUT2D eigenvalue weighted by Crippen LogP contribution is 2.32. The number of hydrogen-bond acceptors (Lipinski definition) is 7. The van der Waals surface area contributed by atoms with Crippen molar-refractivity contribution in [1.29, 1.82) is 0 Å². The molecule has 0 amide bonds. The highest BCUT2D eigenvalue weighted by Gasteiger charge is 2.17. The molecule has 170 valence electrons. The number of fused-ring (bicyclic) bond motifs is 1. The third-order valence-corrected chi connectivity index (χ3v) is 6.11. The second kappa shape index (κ2) is 8.97. The number of piperidine rings is 1. The standard InChI is InChI=1S/C25H29N7O/c1-16-10-12-32(13-11-16)18-8-9-22(26-15-18)30-23-14-20(24-25(31-23)28-17(2)27-24)29-19-6-4-5-7-21(19)33-3/h4-9,14-16H,10-13H2,1-3H3,(H3,26,27,28,29,30,31). The number of ether oxygens (including phenoxy) is 1. The summed E-state index contributed by atoms with van der Waals surface area (Å²) < 4.78 is 5.49. The summed E-state index contributed by atoms with van der Waals surface area (Å²) in [7, 11) is 1.66. The number of pyridine rings is 2. The number of nitrogens with one attached hydrogen (secondary N) is 3. The first-order valence-electron chi connectivity index (χ1n) is 11.3. The summed E-state index contributed by atoms with van der Waals surface area (Å²) in [5, 5.41) is 6.79. The fourth-order valence-corrected chi connectivity index (χ4v) is 4.20. The Morgan fingerprint density at radius 2 is 1.82 bits per heavy atom. The van der Waals surface area contributed by atoms with E-state index in [0.29, 0.717) is 11.5 Å². The summed E-state index contributed by atoms with van der Waals surface area (Å²) in [6, 6.07) is 13.9. The van der Waals surface area contributed by atoms with E-state index in [1.165, 1.54) is 12.8 Å². The van der Waals surface area contributed by atoms with Gasteiger partial charge >= 0.3 is 0 Å². The fourth-order valence-electron chi connectivity index (χ4n) is 4.20. The van der Waals surface area contributed by atoms with Crippen molar-refractivity contribution < 1.29 is 4.74 Å². The molecule has 8 heteroatoms. The molecule has 5 rings (SSSR count). The van der Waals surface area contributed by atoms with E-state index in [-0.39, 0.29) is 0 Å². The van der Waals surface area contributed by atoms with E-state index < -0.39 is 0 Å². The van der Waals surface area contributed by atoms with E-state index in [1.54, 1.807) is 7.11 Å². The van der Waals surface area contributed by atoms with E-state index in [2.05, 4.69) is 48.5 Å². The zero-order chi connectivity index (χ0) is 22.8. The molecule has 0 unspecified atom stereocenters. The largest absolute Gasteiger partial charge is 0.495 e. The van der Waals surface area contributed by atoms with Crippen LogP contribution in [0.4, 0.5) is 28.7 Å². The fraction of sp³-hybridized carbons (Fsp3) is 0.320. The predicted octanol–water partition coefficient (Wildman–Crippen LogP) is 5.39. The summed E-state index contributed by atoms with van der Waals surface area (Å²) >= 11 is 0. The van der Waals surface area contributed by atoms with Crippen LogP contribution < -0.4 is 20.3 Å². The lowest BCUT2D eigenvalue weighted by Gasteiger charge is -2.31. The highest BCUT2D eigenvalue weighted by molar-refractivity contribution is 5.91. The summed E-state index contributed by atoms with van der Waals surface area (Å²) in [6.07, 6.45) is 4.40. The number of aryl methyl sites for hydroxylation is 1. The van der Waals surface area contributed by atoms with Crippen molar-refractivity contribution in [3.8, 4) is 5.75 Å². The first-order chi connectivity index (χ1) is 16.1. The lowest BCUT2D eigenvalue weighted by molar-refractivity contribution is 0.417. The number of aromatic amines is 1. The number of anilines is 5. The molecule has 3 N–H and O–H groups in total. The van der Waals surface area contributed by atoms with Crippen molar-refractivity contribution in [2.45, 2.75) is 26.7 Å². The van der Waals surface area contributed by atoms with Crippen molar-refractivity contribution in [2.75, 3.05) is 35.7 Å². The minimum Gasteiger partial charge on any atom is -0.495 e. The molecule has 0 radical (unpaired) electrons. The Balaban J connectivity index is 1.40. The summed E-state index contributed by atoms with van der Waals surface area (Å²) in [5.41, 5.74) is 4.36. The van der Waals surface area contributed by atoms with Gasteiger partial charge in [-0.25, -0.2) is 15.0 Å². The number of aromatic nitrogens is 4. The predicted molar refractivity (Wildman–Crippen MR) is 133 cm³/mol. The number of methoxy groups -OCH3 is 1. The van der Waals surface area contributed by atoms with Gasteiger partial charge in [0.25, 0.3) is 0 Å². The van der Waals surface area contributed by atoms with Gasteiger partial charge in [-0.15, -0.1) is 0 Å². The maximum Gasteiger partial charge on any atom is 0.181 e. The smallest absolute Gasteiger partial charge is 0.181 e. The van der Waals surface area contributed by atoms with Crippen molar-refractivity contribution in [1.82, 2.24) is 19.9 Å². The molecule has 1 aromatic carbocycles. The molecule has 0 saturated carbocycles. The zero-order valence-corrected chi connectivity index (χ0v) is 19.2. The zero-order valence-electron chi connectivity index (χ0n) is 19.2. The minimum atomic E-state index is 0.633. The summed E-state index contributed by atoms with van der Waals surface area (Å²) in [5.74, 6) is 3.78. The monoisotopic (exact) mass is 443 g/mol. The van der Waals surface area contributed by atoms with E-state index in [9.17, 15) is 0 Å². The Kier molecular flexibility index (Phi) is 5.73. The molecule has 8 nitrogen and oxygen atoms in total. The molecule has 0 spiro atoms. The second-order valence-corrected chi connectivity index (χ2v) is 8.60. The van der Waals surface area contributed by atoms with Gasteiger partial charge in [0.1, 0.15) is 28.7 Å². The van der Waals surface area contributed by atoms with Gasteiger partial charge in [-0.05, 0) is 49.9 Å². The van der Waals surface area contributed by atoms with Crippen LogP contribution in [-0.4, -0.2) is 40.1 Å². The van der Waals surface area contributed by atoms with Crippen LogP contribution in [0.1, 0.15) is 25.6 Å². The lowest BCUT2D eigenvalue weighted by Crippen LogP contribution is -2.32. The first-order valence-corrected chi connectivity index (χ1v) is 11.3. The molecule has 1 aliphatic heterocycles. The average Bonchev–Trinajstić information content (AvgIpc) is 3.21. The number of rotatable bonds is 6. The molecular formula is C25H29N7O. The maximum absolute atomic E-state index is 5.49. The van der Waals surface area contributed by atoms with Gasteiger partial charge in [0.2, 0.25) is 0 Å². The molecule has 4 heterocycles. The minimum absolute atomic E-state index is 0.633. The van der Waals surface area contributed by atoms with Gasteiger partial charge in [-0.2, -0.15) is 0 Å². The second-order valence-electron chi connectivity index (χ2n) is 8.60. The Labute approximate surface area is 193 Å². The topological polar surface area (TPSA) is 91.0 Å². The molecule has 1 fully saturated rings. The average molecular weight is 444 g/mol. The van der Waals surface area contributed by atoms with Crippen molar-refractivity contribution >= 4 is 39.9 Å². The molecule has 0 atom stereocenters. The van der Waals surface area contributed by atoms with E-state index >= 15 is 0 Å². The third-order valence-electron chi connectivity index (χ3n) is 6.11. The van der Waals surface area contributed by atoms with E-state index in [1.807, 2.05) is 49.5 Å². The molecule has 3 aromatic heterocycles. The van der Waals surface area contributed by atoms with Gasteiger partial charge in [0, 0.05) is 19.2 Å². The SMILES string of the molecule is COc1ccccc1Nc1cc(Nc2ccc(N3CCC(C)CC3)cn2)nc2nc(C)[nH]c12. The van der Waals surface area contributed by atoms with Crippen LogP contribution in [-0.2, 0) is 0 Å². The quantitative estimate of drug-likeness (QED) is 0.368. The Morgan fingerprint density at radius 1 is 1.00 bits per heavy atom. The number of hydrogen-bond donors (Lipinski definition) is 3. The number of H-pyrrole nitrogens is 1. The van der Waals surface area contributed by atoms with Crippen molar-refractivity contribution in [3.05, 3.63) is 54.5 Å². The van der Waals surface area contributed by atoms with E-state index in [4.69, 9.17) is 4.74 Å². The van der Waals surface area contributed by atoms with Gasteiger partial charge in [0.05, 0.1) is 30.4 Å². The van der Waals surface area contributed by atoms with Crippen LogP contribution >= 0.6 is 0 Å². The number of para-hydroxylation sites is 2. The molecule has 33 heavy (non-hydrogen) atoms. The maximum atomic E-state index is 5.49. The van der Waals surface area contributed by atoms with Gasteiger partial charge in [0.15, 0.2) is 5.65 Å². The molecule has 0 aliphatic carbocycles. The van der Waals surface area contributed by atoms with Crippen LogP contribution in [0.5, 0.6) is 5.75 Å². The Morgan fingerprint density at radius 3 is 2.58 bits per heavy atom. The van der Waals surface area contributed by atoms with Gasteiger partial charge < -0.3 is 25.3 Å². The van der Waals surface area contributed by atoms with Crippen molar-refractivity contribution in [2.24, 2.45) is 5.92 Å². The van der Waals surface area contributed by atoms with Crippen LogP contribution in [0.2, 0.25) is 0 Å². The van der Waals surface area contributed by atoms with Gasteiger partial charge in [-0.3, -0.25) is 0 Å². The Bertz CT molecular complexity index is 1240. The third kappa shape index (κ3) is 4.55. The molecule has 1 saturated heterocycles. The van der Waals surface area contributed by atoms with Crippen LogP contribution in [0, 0.1) is 12.8 Å². The van der Waals surface area contributed by atoms with Crippen LogP contribution in [0.3, 0.4) is 0 Å². The summed E-state index contributed by atoms with van der Waals surface area (Å²) in [6.45, 7) is 6.42. The highest BCUT2D eigenvalue weighted by atomic mass is 16.5. The lowest BCUT2D eigenvalue weighted by atomic mass is 9.99. The molecule has 4 aromatic rings. The van der Waals surface area contributed by atoms with Crippen LogP contribution in [0.15, 0.2) is 48.7 Å². The Hall–Kier alpha value is -3.81. The molecule has 1 aliphatic rings. The number of nitrogens with zero attached hydrogens (tertiary/aromatic N) is 4. The van der Waals surface area contributed by atoms with Gasteiger partial charge in [-0.1, -0.05) is 19.1 Å². The molecule has 0 bridgehead atoms.